The molecule has 0 aromatic carbocycles. The van der Waals surface area contributed by atoms with Gasteiger partial charge in [0.25, 0.3) is 0 Å². The molecule has 2 fully saturated rings. The standard InChI is InChI=1S/C13H24N2O3S/c1-3-19(17,18)15-6-4-11(5-7-15)13(16)14-9-12-8-10(12)2/h10-12H,3-9H2,1-2H3,(H,14,16). The average Bonchev–Trinajstić information content (AvgIpc) is 3.12. The van der Waals surface area contributed by atoms with E-state index < -0.39 is 10.0 Å². The number of amides is 1. The van der Waals surface area contributed by atoms with E-state index in [-0.39, 0.29) is 17.6 Å². The summed E-state index contributed by atoms with van der Waals surface area (Å²) in [6.07, 6.45) is 2.50. The van der Waals surface area contributed by atoms with Crippen molar-refractivity contribution in [1.82, 2.24) is 9.62 Å². The van der Waals surface area contributed by atoms with Gasteiger partial charge < -0.3 is 5.32 Å². The molecule has 110 valence electrons. The van der Waals surface area contributed by atoms with Gasteiger partial charge in [-0.15, -0.1) is 0 Å². The fourth-order valence-electron chi connectivity index (χ4n) is 2.64. The Bertz CT molecular complexity index is 427. The number of nitrogens with one attached hydrogen (secondary N) is 1. The molecule has 1 N–H and O–H groups in total. The quantitative estimate of drug-likeness (QED) is 0.814. The molecular weight excluding hydrogens is 264 g/mol. The third-order valence-corrected chi connectivity index (χ3v) is 6.28. The Morgan fingerprint density at radius 2 is 1.89 bits per heavy atom. The molecule has 2 rings (SSSR count). The molecule has 2 aliphatic rings. The highest BCUT2D eigenvalue weighted by Crippen LogP contribution is 2.36. The van der Waals surface area contributed by atoms with Crippen LogP contribution in [-0.4, -0.2) is 44.0 Å². The van der Waals surface area contributed by atoms with Crippen LogP contribution >= 0.6 is 0 Å². The van der Waals surface area contributed by atoms with E-state index in [1.165, 1.54) is 10.7 Å². The second-order valence-corrected chi connectivity index (χ2v) is 8.05. The Kier molecular flexibility index (Phi) is 4.50. The molecule has 1 saturated heterocycles. The minimum absolute atomic E-state index is 0.0163. The third kappa shape index (κ3) is 3.69. The molecule has 1 saturated carbocycles. The predicted molar refractivity (Wildman–Crippen MR) is 74.0 cm³/mol. The Morgan fingerprint density at radius 1 is 1.32 bits per heavy atom. The summed E-state index contributed by atoms with van der Waals surface area (Å²) in [7, 11) is -3.09. The van der Waals surface area contributed by atoms with Crippen LogP contribution in [0.25, 0.3) is 0 Å². The average molecular weight is 288 g/mol. The topological polar surface area (TPSA) is 66.5 Å². The van der Waals surface area contributed by atoms with E-state index in [0.717, 1.165) is 12.5 Å². The number of hydrogen-bond acceptors (Lipinski definition) is 3. The summed E-state index contributed by atoms with van der Waals surface area (Å²) in [5.74, 6) is 1.63. The van der Waals surface area contributed by atoms with Crippen LogP contribution in [0.1, 0.15) is 33.1 Å². The van der Waals surface area contributed by atoms with Crippen molar-refractivity contribution in [3.63, 3.8) is 0 Å². The molecule has 2 unspecified atom stereocenters. The monoisotopic (exact) mass is 288 g/mol. The van der Waals surface area contributed by atoms with Crippen LogP contribution in [0.5, 0.6) is 0 Å². The van der Waals surface area contributed by atoms with Crippen molar-refractivity contribution >= 4 is 15.9 Å². The molecule has 1 amide bonds. The highest BCUT2D eigenvalue weighted by molar-refractivity contribution is 7.89. The zero-order valence-electron chi connectivity index (χ0n) is 11.8. The lowest BCUT2D eigenvalue weighted by Gasteiger charge is -2.30. The first-order valence-corrected chi connectivity index (χ1v) is 8.80. The minimum Gasteiger partial charge on any atom is -0.356 e. The van der Waals surface area contributed by atoms with Crippen LogP contribution in [0.15, 0.2) is 0 Å². The molecule has 2 atom stereocenters. The molecule has 0 aromatic heterocycles. The second kappa shape index (κ2) is 5.79. The first-order chi connectivity index (χ1) is 8.94. The molecule has 6 heteroatoms. The summed E-state index contributed by atoms with van der Waals surface area (Å²) in [5.41, 5.74) is 0. The number of hydrogen-bond donors (Lipinski definition) is 1. The Labute approximate surface area is 115 Å². The summed E-state index contributed by atoms with van der Waals surface area (Å²) < 4.78 is 24.9. The number of carbonyl (C=O) groups excluding carboxylic acids is 1. The minimum atomic E-state index is -3.09. The molecule has 5 nitrogen and oxygen atoms in total. The number of carbonyl (C=O) groups is 1. The first kappa shape index (κ1) is 14.8. The number of nitrogens with zero attached hydrogens (tertiary/aromatic N) is 1. The highest BCUT2D eigenvalue weighted by atomic mass is 32.2. The van der Waals surface area contributed by atoms with Crippen molar-refractivity contribution in [3.8, 4) is 0 Å². The van der Waals surface area contributed by atoms with Gasteiger partial charge in [-0.25, -0.2) is 12.7 Å². The van der Waals surface area contributed by atoms with Gasteiger partial charge in [0.1, 0.15) is 0 Å². The van der Waals surface area contributed by atoms with E-state index in [2.05, 4.69) is 12.2 Å². The van der Waals surface area contributed by atoms with Crippen molar-refractivity contribution in [2.75, 3.05) is 25.4 Å². The highest BCUT2D eigenvalue weighted by Gasteiger charge is 2.34. The normalized spacial score (nSPS) is 29.2. The fourth-order valence-corrected chi connectivity index (χ4v) is 3.77. The molecule has 1 aliphatic heterocycles. The summed E-state index contributed by atoms with van der Waals surface area (Å²) in [4.78, 5) is 12.0. The number of piperidine rings is 1. The summed E-state index contributed by atoms with van der Waals surface area (Å²) in [6.45, 7) is 5.60. The van der Waals surface area contributed by atoms with E-state index in [4.69, 9.17) is 0 Å². The van der Waals surface area contributed by atoms with E-state index >= 15 is 0 Å². The maximum absolute atomic E-state index is 12.0. The molecule has 0 radical (unpaired) electrons. The molecule has 19 heavy (non-hydrogen) atoms. The largest absolute Gasteiger partial charge is 0.356 e. The molecule has 1 aliphatic carbocycles. The molecule has 0 bridgehead atoms. The van der Waals surface area contributed by atoms with Gasteiger partial charge in [-0.3, -0.25) is 4.79 Å². The summed E-state index contributed by atoms with van der Waals surface area (Å²) >= 11 is 0. The molecular formula is C13H24N2O3S. The molecule has 1 heterocycles. The van der Waals surface area contributed by atoms with Crippen molar-refractivity contribution in [2.45, 2.75) is 33.1 Å². The Morgan fingerprint density at radius 3 is 2.37 bits per heavy atom. The first-order valence-electron chi connectivity index (χ1n) is 7.19. The Balaban J connectivity index is 1.74. The maximum atomic E-state index is 12.0. The van der Waals surface area contributed by atoms with Gasteiger partial charge in [-0.05, 0) is 38.0 Å². The van der Waals surface area contributed by atoms with Crippen molar-refractivity contribution in [2.24, 2.45) is 17.8 Å². The fraction of sp³-hybridized carbons (Fsp3) is 0.923. The van der Waals surface area contributed by atoms with E-state index in [9.17, 15) is 13.2 Å². The number of rotatable bonds is 5. The van der Waals surface area contributed by atoms with Gasteiger partial charge in [-0.2, -0.15) is 0 Å². The van der Waals surface area contributed by atoms with E-state index in [1.54, 1.807) is 6.92 Å². The predicted octanol–water partition coefficient (Wildman–Crippen LogP) is 0.820. The van der Waals surface area contributed by atoms with Crippen LogP contribution in [-0.2, 0) is 14.8 Å². The summed E-state index contributed by atoms with van der Waals surface area (Å²) in [5, 5.41) is 3.01. The van der Waals surface area contributed by atoms with Gasteiger partial charge in [0.15, 0.2) is 0 Å². The van der Waals surface area contributed by atoms with Gasteiger partial charge in [-0.1, -0.05) is 6.92 Å². The van der Waals surface area contributed by atoms with Gasteiger partial charge in [0, 0.05) is 25.6 Å². The zero-order valence-corrected chi connectivity index (χ0v) is 12.6. The van der Waals surface area contributed by atoms with Crippen LogP contribution < -0.4 is 5.32 Å². The van der Waals surface area contributed by atoms with Gasteiger partial charge >= 0.3 is 0 Å². The SMILES string of the molecule is CCS(=O)(=O)N1CCC(C(=O)NCC2CC2C)CC1. The van der Waals surface area contributed by atoms with Crippen LogP contribution in [0.4, 0.5) is 0 Å². The smallest absolute Gasteiger partial charge is 0.223 e. The van der Waals surface area contributed by atoms with Crippen LogP contribution in [0.3, 0.4) is 0 Å². The lowest BCUT2D eigenvalue weighted by molar-refractivity contribution is -0.126. The van der Waals surface area contributed by atoms with E-state index in [0.29, 0.717) is 31.8 Å². The molecule has 0 spiro atoms. The lowest BCUT2D eigenvalue weighted by atomic mass is 9.97. The van der Waals surface area contributed by atoms with Crippen molar-refractivity contribution in [1.29, 1.82) is 0 Å². The van der Waals surface area contributed by atoms with Crippen LogP contribution in [0, 0.1) is 17.8 Å². The zero-order chi connectivity index (χ0) is 14.0. The van der Waals surface area contributed by atoms with Crippen LogP contribution in [0.2, 0.25) is 0 Å². The van der Waals surface area contributed by atoms with Gasteiger partial charge in [0.2, 0.25) is 15.9 Å². The third-order valence-electron chi connectivity index (χ3n) is 4.40. The molecule has 0 aromatic rings. The van der Waals surface area contributed by atoms with Gasteiger partial charge in [0.05, 0.1) is 5.75 Å². The number of sulfonamides is 1. The summed E-state index contributed by atoms with van der Waals surface area (Å²) in [6, 6.07) is 0. The Hall–Kier alpha value is -0.620. The lowest BCUT2D eigenvalue weighted by Crippen LogP contribution is -2.43. The van der Waals surface area contributed by atoms with E-state index in [1.807, 2.05) is 0 Å². The van der Waals surface area contributed by atoms with Crippen molar-refractivity contribution < 1.29 is 13.2 Å². The van der Waals surface area contributed by atoms with Crippen molar-refractivity contribution in [3.05, 3.63) is 0 Å². The maximum Gasteiger partial charge on any atom is 0.223 e. The second-order valence-electron chi connectivity index (χ2n) is 5.79.